The molecule has 0 saturated carbocycles. The van der Waals surface area contributed by atoms with E-state index in [0.29, 0.717) is 51.6 Å². The molecule has 0 rings (SSSR count). The van der Waals surface area contributed by atoms with Gasteiger partial charge in [-0.2, -0.15) is 0 Å². The number of carboxylic acid groups (broad SMARTS) is 1. The second kappa shape index (κ2) is 15.5. The summed E-state index contributed by atoms with van der Waals surface area (Å²) < 4.78 is 26.7. The zero-order valence-corrected chi connectivity index (χ0v) is 14.0. The van der Waals surface area contributed by atoms with E-state index in [0.717, 1.165) is 0 Å². The Balaban J connectivity index is 3.95. The zero-order chi connectivity index (χ0) is 17.3. The fourth-order valence-corrected chi connectivity index (χ4v) is 1.46. The maximum atomic E-state index is 10.6. The van der Waals surface area contributed by atoms with Crippen molar-refractivity contribution >= 4 is 5.97 Å². The van der Waals surface area contributed by atoms with Gasteiger partial charge in [0.25, 0.3) is 0 Å². The van der Waals surface area contributed by atoms with Crippen molar-refractivity contribution in [2.45, 2.75) is 26.6 Å². The van der Waals surface area contributed by atoms with Crippen LogP contribution in [0.4, 0.5) is 0 Å². The van der Waals surface area contributed by atoms with Crippen LogP contribution in [-0.4, -0.2) is 63.6 Å². The SMILES string of the molecule is C=COCCOC(COCCC=C(C)C(=O)O)OCCOCC. The van der Waals surface area contributed by atoms with Crippen molar-refractivity contribution in [3.8, 4) is 0 Å². The van der Waals surface area contributed by atoms with Crippen molar-refractivity contribution < 1.29 is 33.6 Å². The van der Waals surface area contributed by atoms with Crippen LogP contribution in [0.1, 0.15) is 20.3 Å². The zero-order valence-electron chi connectivity index (χ0n) is 14.0. The third-order valence-corrected chi connectivity index (χ3v) is 2.66. The molecule has 0 amide bonds. The molecule has 7 heteroatoms. The highest BCUT2D eigenvalue weighted by Crippen LogP contribution is 2.00. The van der Waals surface area contributed by atoms with Gasteiger partial charge in [0.2, 0.25) is 0 Å². The molecule has 0 radical (unpaired) electrons. The molecule has 0 saturated heterocycles. The molecule has 0 aromatic carbocycles. The quantitative estimate of drug-likeness (QED) is 0.200. The molecule has 0 fully saturated rings. The molecule has 0 aliphatic rings. The third kappa shape index (κ3) is 13.9. The van der Waals surface area contributed by atoms with Gasteiger partial charge in [-0.15, -0.1) is 0 Å². The Morgan fingerprint density at radius 1 is 1.13 bits per heavy atom. The lowest BCUT2D eigenvalue weighted by Crippen LogP contribution is -2.27. The minimum absolute atomic E-state index is 0.250. The van der Waals surface area contributed by atoms with Gasteiger partial charge >= 0.3 is 5.97 Å². The summed E-state index contributed by atoms with van der Waals surface area (Å²) in [5.74, 6) is -0.923. The Kier molecular flexibility index (Phi) is 14.5. The number of ether oxygens (including phenoxy) is 5. The average Bonchev–Trinajstić information content (AvgIpc) is 2.54. The van der Waals surface area contributed by atoms with Crippen molar-refractivity contribution in [3.05, 3.63) is 24.5 Å². The fourth-order valence-electron chi connectivity index (χ4n) is 1.46. The molecular formula is C16H28O7. The minimum Gasteiger partial charge on any atom is -0.499 e. The van der Waals surface area contributed by atoms with Crippen molar-refractivity contribution in [2.24, 2.45) is 0 Å². The molecule has 0 bridgehead atoms. The first-order valence-corrected chi connectivity index (χ1v) is 7.63. The van der Waals surface area contributed by atoms with E-state index < -0.39 is 12.3 Å². The van der Waals surface area contributed by atoms with Crippen LogP contribution in [0, 0.1) is 0 Å². The monoisotopic (exact) mass is 332 g/mol. The number of aliphatic carboxylic acids is 1. The van der Waals surface area contributed by atoms with Crippen LogP contribution < -0.4 is 0 Å². The van der Waals surface area contributed by atoms with Crippen LogP contribution >= 0.6 is 0 Å². The Bertz CT molecular complexity index is 341. The second-order valence-electron chi connectivity index (χ2n) is 4.46. The van der Waals surface area contributed by atoms with Gasteiger partial charge in [0, 0.05) is 12.2 Å². The lowest BCUT2D eigenvalue weighted by Gasteiger charge is -2.18. The molecular weight excluding hydrogens is 304 g/mol. The van der Waals surface area contributed by atoms with Crippen molar-refractivity contribution in [1.82, 2.24) is 0 Å². The predicted octanol–water partition coefficient (Wildman–Crippen LogP) is 1.98. The molecule has 1 unspecified atom stereocenters. The van der Waals surface area contributed by atoms with Gasteiger partial charge in [-0.05, 0) is 20.3 Å². The van der Waals surface area contributed by atoms with E-state index in [1.54, 1.807) is 13.0 Å². The summed E-state index contributed by atoms with van der Waals surface area (Å²) in [6.45, 7) is 9.81. The summed E-state index contributed by atoms with van der Waals surface area (Å²) in [7, 11) is 0. The van der Waals surface area contributed by atoms with Crippen molar-refractivity contribution in [1.29, 1.82) is 0 Å². The molecule has 1 N–H and O–H groups in total. The van der Waals surface area contributed by atoms with Crippen LogP contribution in [-0.2, 0) is 28.5 Å². The molecule has 134 valence electrons. The first-order valence-electron chi connectivity index (χ1n) is 7.63. The largest absolute Gasteiger partial charge is 0.499 e. The van der Waals surface area contributed by atoms with E-state index in [1.165, 1.54) is 6.26 Å². The van der Waals surface area contributed by atoms with Crippen LogP contribution in [0.2, 0.25) is 0 Å². The Morgan fingerprint density at radius 2 is 1.83 bits per heavy atom. The van der Waals surface area contributed by atoms with Gasteiger partial charge in [-0.3, -0.25) is 0 Å². The summed E-state index contributed by atoms with van der Waals surface area (Å²) in [6, 6.07) is 0. The Hall–Kier alpha value is -1.41. The van der Waals surface area contributed by atoms with E-state index >= 15 is 0 Å². The van der Waals surface area contributed by atoms with E-state index in [4.69, 9.17) is 28.8 Å². The van der Waals surface area contributed by atoms with E-state index in [-0.39, 0.29) is 6.61 Å². The van der Waals surface area contributed by atoms with Gasteiger partial charge in [0.05, 0.1) is 39.3 Å². The predicted molar refractivity (Wildman–Crippen MR) is 85.2 cm³/mol. The number of rotatable bonds is 16. The van der Waals surface area contributed by atoms with Crippen LogP contribution in [0.25, 0.3) is 0 Å². The topological polar surface area (TPSA) is 83.5 Å². The maximum absolute atomic E-state index is 10.6. The first-order chi connectivity index (χ1) is 11.1. The van der Waals surface area contributed by atoms with E-state index in [9.17, 15) is 4.79 Å². The molecule has 23 heavy (non-hydrogen) atoms. The standard InChI is InChI=1S/C16H28O7/c1-4-19-9-11-22-15(23-12-10-20-5-2)13-21-8-6-7-14(3)16(17)18/h4,7,15H,1,5-6,8-13H2,2-3H3,(H,17,18). The molecule has 0 spiro atoms. The summed E-state index contributed by atoms with van der Waals surface area (Å²) in [5, 5.41) is 8.73. The summed E-state index contributed by atoms with van der Waals surface area (Å²) in [5.41, 5.74) is 0.302. The van der Waals surface area contributed by atoms with Gasteiger partial charge in [-0.25, -0.2) is 4.79 Å². The van der Waals surface area contributed by atoms with E-state index in [1.807, 2.05) is 6.92 Å². The van der Waals surface area contributed by atoms with E-state index in [2.05, 4.69) is 6.58 Å². The summed E-state index contributed by atoms with van der Waals surface area (Å²) in [4.78, 5) is 10.6. The highest BCUT2D eigenvalue weighted by atomic mass is 16.7. The minimum atomic E-state index is -0.923. The normalized spacial score (nSPS) is 12.9. The molecule has 0 aliphatic heterocycles. The van der Waals surface area contributed by atoms with Crippen LogP contribution in [0.15, 0.2) is 24.5 Å². The van der Waals surface area contributed by atoms with Gasteiger partial charge in [-0.1, -0.05) is 12.7 Å². The smallest absolute Gasteiger partial charge is 0.330 e. The lowest BCUT2D eigenvalue weighted by atomic mass is 10.2. The van der Waals surface area contributed by atoms with Crippen LogP contribution in [0.3, 0.4) is 0 Å². The maximum Gasteiger partial charge on any atom is 0.330 e. The van der Waals surface area contributed by atoms with Crippen molar-refractivity contribution in [2.75, 3.05) is 46.2 Å². The highest BCUT2D eigenvalue weighted by Gasteiger charge is 2.10. The molecule has 0 aromatic heterocycles. The summed E-state index contributed by atoms with van der Waals surface area (Å²) in [6.07, 6.45) is 2.96. The average molecular weight is 332 g/mol. The van der Waals surface area contributed by atoms with Gasteiger partial charge in [0.15, 0.2) is 6.29 Å². The first kappa shape index (κ1) is 21.6. The molecule has 0 aliphatic carbocycles. The Morgan fingerprint density at radius 3 is 2.43 bits per heavy atom. The molecule has 1 atom stereocenters. The number of hydrogen-bond acceptors (Lipinski definition) is 6. The number of carboxylic acids is 1. The van der Waals surface area contributed by atoms with Gasteiger partial charge < -0.3 is 28.8 Å². The Labute approximate surface area is 137 Å². The molecule has 0 heterocycles. The third-order valence-electron chi connectivity index (χ3n) is 2.66. The second-order valence-corrected chi connectivity index (χ2v) is 4.46. The fraction of sp³-hybridized carbons (Fsp3) is 0.688. The van der Waals surface area contributed by atoms with Crippen LogP contribution in [0.5, 0.6) is 0 Å². The number of hydrogen-bond donors (Lipinski definition) is 1. The lowest BCUT2D eigenvalue weighted by molar-refractivity contribution is -0.181. The summed E-state index contributed by atoms with van der Waals surface area (Å²) >= 11 is 0. The molecule has 0 aromatic rings. The highest BCUT2D eigenvalue weighted by molar-refractivity contribution is 5.85. The molecule has 7 nitrogen and oxygen atoms in total. The van der Waals surface area contributed by atoms with Crippen molar-refractivity contribution in [3.63, 3.8) is 0 Å². The number of carbonyl (C=O) groups is 1. The van der Waals surface area contributed by atoms with Gasteiger partial charge in [0.1, 0.15) is 6.61 Å².